The van der Waals surface area contributed by atoms with Gasteiger partial charge in [-0.15, -0.1) is 0 Å². The van der Waals surface area contributed by atoms with Crippen molar-refractivity contribution in [2.24, 2.45) is 5.10 Å². The highest BCUT2D eigenvalue weighted by Gasteiger charge is 2.22. The van der Waals surface area contributed by atoms with E-state index in [0.717, 1.165) is 0 Å². The minimum atomic E-state index is -0.334. The van der Waals surface area contributed by atoms with Gasteiger partial charge in [0.2, 0.25) is 0 Å². The monoisotopic (exact) mass is 154 g/mol. The number of nitrogens with zero attached hydrogens (tertiary/aromatic N) is 2. The third kappa shape index (κ3) is 2.20. The molecule has 0 amide bonds. The summed E-state index contributed by atoms with van der Waals surface area (Å²) in [4.78, 5) is 0. The highest BCUT2D eigenvalue weighted by atomic mass is 16.7. The van der Waals surface area contributed by atoms with Crippen LogP contribution < -0.4 is 0 Å². The second kappa shape index (κ2) is 3.73. The van der Waals surface area contributed by atoms with Crippen LogP contribution in [-0.2, 0) is 9.47 Å². The minimum Gasteiger partial charge on any atom is -0.355 e. The van der Waals surface area contributed by atoms with Crippen LogP contribution in [-0.4, -0.2) is 52.1 Å². The van der Waals surface area contributed by atoms with Crippen molar-refractivity contribution in [2.75, 3.05) is 20.2 Å². The van der Waals surface area contributed by atoms with E-state index in [2.05, 4.69) is 11.8 Å². The lowest BCUT2D eigenvalue weighted by molar-refractivity contribution is -0.177. The minimum absolute atomic E-state index is 0.288. The summed E-state index contributed by atoms with van der Waals surface area (Å²) in [5.41, 5.74) is 0. The topological polar surface area (TPSA) is 34.1 Å². The first-order valence-corrected chi connectivity index (χ1v) is 3.41. The summed E-state index contributed by atoms with van der Waals surface area (Å²) >= 11 is 0. The maximum absolute atomic E-state index is 5.54. The summed E-state index contributed by atoms with van der Waals surface area (Å²) in [6.07, 6.45) is -0.288. The van der Waals surface area contributed by atoms with Gasteiger partial charge in [-0.25, -0.2) is 0 Å². The van der Waals surface area contributed by atoms with E-state index in [9.17, 15) is 0 Å². The molecule has 2 unspecified atom stereocenters. The average Bonchev–Trinajstić information content (AvgIpc) is 2.03. The molecule has 4 nitrogen and oxygen atoms in total. The van der Waals surface area contributed by atoms with Gasteiger partial charge in [0.25, 0.3) is 0 Å². The Morgan fingerprint density at radius 2 is 2.45 bits per heavy atom. The third-order valence-corrected chi connectivity index (χ3v) is 1.54. The highest BCUT2D eigenvalue weighted by molar-refractivity contribution is 6.11. The molecule has 0 spiro atoms. The number of morpholine rings is 1. The van der Waals surface area contributed by atoms with Crippen molar-refractivity contribution in [2.45, 2.75) is 12.3 Å². The molecule has 1 aliphatic rings. The predicted octanol–water partition coefficient (Wildman–Crippen LogP) is -0.599. The number of hydrazone groups is 1. The van der Waals surface area contributed by atoms with Crippen LogP contribution in [0.5, 0.6) is 0 Å². The van der Waals surface area contributed by atoms with Gasteiger partial charge in [-0.05, 0) is 0 Å². The molecule has 0 aliphatic carbocycles. The van der Waals surface area contributed by atoms with E-state index in [-0.39, 0.29) is 12.3 Å². The Labute approximate surface area is 67.6 Å². The molecule has 1 fully saturated rings. The van der Waals surface area contributed by atoms with E-state index in [1.165, 1.54) is 0 Å². The Morgan fingerprint density at radius 1 is 1.73 bits per heavy atom. The molecule has 1 heterocycles. The van der Waals surface area contributed by atoms with Gasteiger partial charge in [0, 0.05) is 19.8 Å². The van der Waals surface area contributed by atoms with Gasteiger partial charge in [0.1, 0.15) is 7.85 Å². The van der Waals surface area contributed by atoms with E-state index in [1.807, 2.05) is 0 Å². The lowest BCUT2D eigenvalue weighted by Crippen LogP contribution is -2.46. The van der Waals surface area contributed by atoms with Crippen molar-refractivity contribution in [1.82, 2.24) is 5.01 Å². The maximum atomic E-state index is 5.54. The quantitative estimate of drug-likeness (QED) is 0.393. The standard InChI is InChI=1S/C6H11BN2O2/c1-8-9-3-5(7)11-6(4-9)10-2/h5-6H,1,3-4H2,2H3. The van der Waals surface area contributed by atoms with Crippen molar-refractivity contribution in [3.8, 4) is 0 Å². The largest absolute Gasteiger partial charge is 0.355 e. The first-order chi connectivity index (χ1) is 5.26. The fraction of sp³-hybridized carbons (Fsp3) is 0.833. The van der Waals surface area contributed by atoms with E-state index in [0.29, 0.717) is 13.1 Å². The smallest absolute Gasteiger partial charge is 0.175 e. The molecule has 0 aromatic carbocycles. The summed E-state index contributed by atoms with van der Waals surface area (Å²) in [7, 11) is 7.11. The molecular formula is C6H11BN2O2. The summed E-state index contributed by atoms with van der Waals surface area (Å²) < 4.78 is 10.2. The zero-order valence-electron chi connectivity index (χ0n) is 6.56. The Kier molecular flexibility index (Phi) is 2.90. The molecule has 2 radical (unpaired) electrons. The summed E-state index contributed by atoms with van der Waals surface area (Å²) in [6.45, 7) is 4.56. The Bertz CT molecular complexity index is 145. The van der Waals surface area contributed by atoms with Gasteiger partial charge < -0.3 is 9.47 Å². The molecule has 11 heavy (non-hydrogen) atoms. The normalized spacial score (nSPS) is 31.9. The summed E-state index contributed by atoms with van der Waals surface area (Å²) in [6, 6.07) is -0.334. The first kappa shape index (κ1) is 8.55. The lowest BCUT2D eigenvalue weighted by Gasteiger charge is -2.34. The zero-order chi connectivity index (χ0) is 8.27. The van der Waals surface area contributed by atoms with Crippen molar-refractivity contribution in [1.29, 1.82) is 0 Å². The van der Waals surface area contributed by atoms with Crippen LogP contribution in [0.25, 0.3) is 0 Å². The van der Waals surface area contributed by atoms with E-state index in [4.69, 9.17) is 17.3 Å². The molecule has 1 saturated heterocycles. The molecule has 0 aromatic rings. The van der Waals surface area contributed by atoms with Gasteiger partial charge in [-0.3, -0.25) is 5.01 Å². The van der Waals surface area contributed by atoms with Crippen molar-refractivity contribution >= 4 is 14.6 Å². The Morgan fingerprint density at radius 3 is 3.00 bits per heavy atom. The highest BCUT2D eigenvalue weighted by Crippen LogP contribution is 2.09. The van der Waals surface area contributed by atoms with Crippen molar-refractivity contribution in [3.63, 3.8) is 0 Å². The lowest BCUT2D eigenvalue weighted by atomic mass is 9.99. The molecule has 0 bridgehead atoms. The van der Waals surface area contributed by atoms with Gasteiger partial charge >= 0.3 is 0 Å². The van der Waals surface area contributed by atoms with Crippen LogP contribution in [0.15, 0.2) is 5.10 Å². The van der Waals surface area contributed by atoms with Gasteiger partial charge in [-0.2, -0.15) is 5.10 Å². The fourth-order valence-electron chi connectivity index (χ4n) is 0.981. The first-order valence-electron chi connectivity index (χ1n) is 3.41. The van der Waals surface area contributed by atoms with Crippen LogP contribution in [0.4, 0.5) is 0 Å². The number of ether oxygens (including phenoxy) is 2. The van der Waals surface area contributed by atoms with Crippen LogP contribution in [0.3, 0.4) is 0 Å². The third-order valence-electron chi connectivity index (χ3n) is 1.54. The Hall–Kier alpha value is -0.545. The molecule has 0 N–H and O–H groups in total. The van der Waals surface area contributed by atoms with E-state index >= 15 is 0 Å². The van der Waals surface area contributed by atoms with Crippen LogP contribution in [0.1, 0.15) is 0 Å². The number of methoxy groups -OCH3 is 1. The second-order valence-electron chi connectivity index (χ2n) is 2.35. The van der Waals surface area contributed by atoms with Gasteiger partial charge in [-0.1, -0.05) is 0 Å². The summed E-state index contributed by atoms with van der Waals surface area (Å²) in [5.74, 6) is 0. The molecule has 5 heteroatoms. The number of hydrogen-bond donors (Lipinski definition) is 0. The molecule has 2 atom stereocenters. The van der Waals surface area contributed by atoms with Gasteiger partial charge in [0.05, 0.1) is 13.1 Å². The van der Waals surface area contributed by atoms with Crippen molar-refractivity contribution < 1.29 is 9.47 Å². The number of hydrogen-bond acceptors (Lipinski definition) is 4. The van der Waals surface area contributed by atoms with Crippen LogP contribution >= 0.6 is 0 Å². The number of rotatable bonds is 2. The zero-order valence-corrected chi connectivity index (χ0v) is 6.56. The molecule has 0 saturated carbocycles. The van der Waals surface area contributed by atoms with Crippen molar-refractivity contribution in [3.05, 3.63) is 0 Å². The van der Waals surface area contributed by atoms with Crippen LogP contribution in [0.2, 0.25) is 0 Å². The maximum Gasteiger partial charge on any atom is 0.175 e. The predicted molar refractivity (Wildman–Crippen MR) is 42.5 cm³/mol. The van der Waals surface area contributed by atoms with Crippen LogP contribution in [0, 0.1) is 0 Å². The molecule has 60 valence electrons. The SMILES string of the molecule is [B]C1CN(N=C)CC(OC)O1. The second-order valence-corrected chi connectivity index (χ2v) is 2.35. The summed E-state index contributed by atoms with van der Waals surface area (Å²) in [5, 5.41) is 5.46. The molecule has 1 rings (SSSR count). The fourth-order valence-corrected chi connectivity index (χ4v) is 0.981. The van der Waals surface area contributed by atoms with E-state index < -0.39 is 0 Å². The molecule has 0 aromatic heterocycles. The average molecular weight is 154 g/mol. The molecule has 1 aliphatic heterocycles. The van der Waals surface area contributed by atoms with E-state index in [1.54, 1.807) is 12.1 Å². The molecular weight excluding hydrogens is 143 g/mol. The Balaban J connectivity index is 2.43. The van der Waals surface area contributed by atoms with Gasteiger partial charge in [0.15, 0.2) is 6.29 Å².